The Hall–Kier alpha value is -1.68. The summed E-state index contributed by atoms with van der Waals surface area (Å²) in [5.74, 6) is 0.207. The second-order valence-corrected chi connectivity index (χ2v) is 7.99. The van der Waals surface area contributed by atoms with Gasteiger partial charge in [0.25, 0.3) is 0 Å². The van der Waals surface area contributed by atoms with E-state index in [9.17, 15) is 14.7 Å². The number of unbranched alkanes of at least 4 members (excludes halogenated alkanes) is 3. The molecule has 1 aromatic rings. The van der Waals surface area contributed by atoms with Gasteiger partial charge in [0.05, 0.1) is 6.10 Å². The monoisotopic (exact) mass is 374 g/mol. The van der Waals surface area contributed by atoms with Crippen molar-refractivity contribution in [1.82, 2.24) is 0 Å². The molecule has 0 aliphatic heterocycles. The predicted octanol–water partition coefficient (Wildman–Crippen LogP) is 4.78. The van der Waals surface area contributed by atoms with Gasteiger partial charge in [-0.05, 0) is 56.4 Å². The van der Waals surface area contributed by atoms with Crippen LogP contribution in [0.2, 0.25) is 0 Å². The zero-order valence-corrected chi connectivity index (χ0v) is 16.3. The van der Waals surface area contributed by atoms with E-state index in [1.54, 1.807) is 0 Å². The van der Waals surface area contributed by atoms with Crippen LogP contribution in [0, 0.1) is 11.8 Å². The van der Waals surface area contributed by atoms with Gasteiger partial charge in [-0.25, -0.2) is 0 Å². The number of carboxylic acids is 1. The van der Waals surface area contributed by atoms with Gasteiger partial charge in [0.1, 0.15) is 5.78 Å². The summed E-state index contributed by atoms with van der Waals surface area (Å²) >= 11 is 0. The summed E-state index contributed by atoms with van der Waals surface area (Å²) in [7, 11) is 0. The van der Waals surface area contributed by atoms with Gasteiger partial charge in [-0.15, -0.1) is 0 Å². The SMILES string of the molecule is O=C(O)CCCCCC[C@H]1C(=O)CCC[C@@H]1CCC(O)Cc1ccccc1. The number of benzene rings is 1. The van der Waals surface area contributed by atoms with Crippen LogP contribution in [0.25, 0.3) is 0 Å². The Labute approximate surface area is 163 Å². The molecule has 3 atom stereocenters. The zero-order valence-electron chi connectivity index (χ0n) is 16.3. The molecular formula is C23H34O4. The minimum Gasteiger partial charge on any atom is -0.481 e. The molecule has 0 radical (unpaired) electrons. The zero-order chi connectivity index (χ0) is 19.5. The molecule has 1 aliphatic rings. The summed E-state index contributed by atoms with van der Waals surface area (Å²) in [5, 5.41) is 19.0. The Balaban J connectivity index is 1.72. The van der Waals surface area contributed by atoms with Crippen LogP contribution >= 0.6 is 0 Å². The number of carbonyl (C=O) groups is 2. The lowest BCUT2D eigenvalue weighted by Crippen LogP contribution is -2.29. The van der Waals surface area contributed by atoms with E-state index in [4.69, 9.17) is 5.11 Å². The molecule has 0 saturated heterocycles. The van der Waals surface area contributed by atoms with Gasteiger partial charge >= 0.3 is 5.97 Å². The Bertz CT molecular complexity index is 569. The van der Waals surface area contributed by atoms with E-state index in [0.717, 1.165) is 63.4 Å². The first-order chi connectivity index (χ1) is 13.1. The average Bonchev–Trinajstić information content (AvgIpc) is 2.65. The maximum atomic E-state index is 12.4. The first-order valence-electron chi connectivity index (χ1n) is 10.5. The van der Waals surface area contributed by atoms with Crippen LogP contribution in [0.3, 0.4) is 0 Å². The third-order valence-electron chi connectivity index (χ3n) is 5.82. The summed E-state index contributed by atoms with van der Waals surface area (Å²) in [6.07, 6.45) is 9.58. The van der Waals surface area contributed by atoms with E-state index in [-0.39, 0.29) is 18.4 Å². The predicted molar refractivity (Wildman–Crippen MR) is 107 cm³/mol. The molecule has 2 N–H and O–H groups in total. The molecule has 1 aromatic carbocycles. The largest absolute Gasteiger partial charge is 0.481 e. The minimum absolute atomic E-state index is 0.141. The molecule has 1 fully saturated rings. The molecule has 2 rings (SSSR count). The molecule has 1 unspecified atom stereocenters. The van der Waals surface area contributed by atoms with Crippen LogP contribution < -0.4 is 0 Å². The van der Waals surface area contributed by atoms with Crippen LogP contribution in [0.5, 0.6) is 0 Å². The van der Waals surface area contributed by atoms with Crippen LogP contribution in [-0.2, 0) is 16.0 Å². The van der Waals surface area contributed by atoms with Crippen molar-refractivity contribution in [1.29, 1.82) is 0 Å². The van der Waals surface area contributed by atoms with E-state index >= 15 is 0 Å². The molecule has 0 spiro atoms. The smallest absolute Gasteiger partial charge is 0.303 e. The summed E-state index contributed by atoms with van der Waals surface area (Å²) in [5.41, 5.74) is 1.16. The summed E-state index contributed by atoms with van der Waals surface area (Å²) in [6.45, 7) is 0. The first-order valence-corrected chi connectivity index (χ1v) is 10.5. The molecule has 27 heavy (non-hydrogen) atoms. The van der Waals surface area contributed by atoms with Crippen molar-refractivity contribution in [3.8, 4) is 0 Å². The molecule has 4 nitrogen and oxygen atoms in total. The molecule has 0 aromatic heterocycles. The lowest BCUT2D eigenvalue weighted by molar-refractivity contribution is -0.137. The third kappa shape index (κ3) is 8.25. The number of aliphatic carboxylic acids is 1. The molecule has 0 amide bonds. The van der Waals surface area contributed by atoms with E-state index in [2.05, 4.69) is 0 Å². The number of rotatable bonds is 12. The lowest BCUT2D eigenvalue weighted by Gasteiger charge is -2.31. The number of hydrogen-bond donors (Lipinski definition) is 2. The topological polar surface area (TPSA) is 74.6 Å². The van der Waals surface area contributed by atoms with Crippen LogP contribution in [0.1, 0.15) is 76.2 Å². The fraction of sp³-hybridized carbons (Fsp3) is 0.652. The molecule has 0 bridgehead atoms. The number of Topliss-reactive ketones (excluding diaryl/α,β-unsaturated/α-hetero) is 1. The van der Waals surface area contributed by atoms with E-state index in [0.29, 0.717) is 24.5 Å². The van der Waals surface area contributed by atoms with Crippen molar-refractivity contribution in [2.24, 2.45) is 11.8 Å². The maximum Gasteiger partial charge on any atom is 0.303 e. The Morgan fingerprint density at radius 1 is 1.07 bits per heavy atom. The van der Waals surface area contributed by atoms with Gasteiger partial charge in [-0.3, -0.25) is 9.59 Å². The normalized spacial score (nSPS) is 21.1. The Morgan fingerprint density at radius 2 is 1.81 bits per heavy atom. The number of aliphatic hydroxyl groups excluding tert-OH is 1. The highest BCUT2D eigenvalue weighted by Gasteiger charge is 2.31. The number of ketones is 1. The quantitative estimate of drug-likeness (QED) is 0.516. The summed E-state index contributed by atoms with van der Waals surface area (Å²) in [6, 6.07) is 10.1. The van der Waals surface area contributed by atoms with Gasteiger partial charge in [0.2, 0.25) is 0 Å². The summed E-state index contributed by atoms with van der Waals surface area (Å²) < 4.78 is 0. The average molecular weight is 375 g/mol. The van der Waals surface area contributed by atoms with Gasteiger partial charge < -0.3 is 10.2 Å². The Kier molecular flexibility index (Phi) is 9.54. The molecule has 4 heteroatoms. The van der Waals surface area contributed by atoms with Crippen LogP contribution in [0.15, 0.2) is 30.3 Å². The van der Waals surface area contributed by atoms with Crippen molar-refractivity contribution in [3.05, 3.63) is 35.9 Å². The van der Waals surface area contributed by atoms with Crippen molar-refractivity contribution in [2.75, 3.05) is 0 Å². The van der Waals surface area contributed by atoms with E-state index in [1.807, 2.05) is 30.3 Å². The van der Waals surface area contributed by atoms with Crippen molar-refractivity contribution >= 4 is 11.8 Å². The molecule has 1 saturated carbocycles. The van der Waals surface area contributed by atoms with Crippen LogP contribution in [-0.4, -0.2) is 28.1 Å². The number of carbonyl (C=O) groups excluding carboxylic acids is 1. The summed E-state index contributed by atoms with van der Waals surface area (Å²) in [4.78, 5) is 23.0. The number of aliphatic hydroxyl groups is 1. The maximum absolute atomic E-state index is 12.4. The highest BCUT2D eigenvalue weighted by atomic mass is 16.4. The van der Waals surface area contributed by atoms with Crippen molar-refractivity contribution in [2.45, 2.75) is 83.2 Å². The third-order valence-corrected chi connectivity index (χ3v) is 5.82. The van der Waals surface area contributed by atoms with Gasteiger partial charge in [0.15, 0.2) is 0 Å². The number of carboxylic acid groups (broad SMARTS) is 1. The lowest BCUT2D eigenvalue weighted by atomic mass is 9.73. The van der Waals surface area contributed by atoms with E-state index in [1.165, 1.54) is 0 Å². The van der Waals surface area contributed by atoms with Crippen LogP contribution in [0.4, 0.5) is 0 Å². The highest BCUT2D eigenvalue weighted by Crippen LogP contribution is 2.35. The van der Waals surface area contributed by atoms with E-state index < -0.39 is 5.97 Å². The fourth-order valence-corrected chi connectivity index (χ4v) is 4.32. The van der Waals surface area contributed by atoms with Gasteiger partial charge in [-0.1, -0.05) is 49.6 Å². The molecule has 0 heterocycles. The van der Waals surface area contributed by atoms with Gasteiger partial charge in [-0.2, -0.15) is 0 Å². The molecule has 1 aliphatic carbocycles. The molecular weight excluding hydrogens is 340 g/mol. The molecule has 150 valence electrons. The number of hydrogen-bond acceptors (Lipinski definition) is 3. The Morgan fingerprint density at radius 3 is 2.56 bits per heavy atom. The standard InChI is InChI=1S/C23H34O4/c24-20(17-18-9-4-3-5-10-18)16-15-19-11-8-13-22(25)21(19)12-6-1-2-7-14-23(26)27/h3-5,9-10,19-21,24H,1-2,6-8,11-17H2,(H,26,27)/t19-,20?,21-/m1/s1. The fourth-order valence-electron chi connectivity index (χ4n) is 4.32. The first kappa shape index (κ1) is 21.6. The van der Waals surface area contributed by atoms with Gasteiger partial charge in [0, 0.05) is 18.8 Å². The minimum atomic E-state index is -0.730. The second kappa shape index (κ2) is 11.9. The van der Waals surface area contributed by atoms with Crippen molar-refractivity contribution in [3.63, 3.8) is 0 Å². The second-order valence-electron chi connectivity index (χ2n) is 7.99. The van der Waals surface area contributed by atoms with Crippen molar-refractivity contribution < 1.29 is 19.8 Å². The highest BCUT2D eigenvalue weighted by molar-refractivity contribution is 5.81.